The molecule has 1 saturated heterocycles. The molecule has 114 valence electrons. The summed E-state index contributed by atoms with van der Waals surface area (Å²) < 4.78 is 0. The van der Waals surface area contributed by atoms with Gasteiger partial charge in [-0.1, -0.05) is 0 Å². The quantitative estimate of drug-likeness (QED) is 0.436. The van der Waals surface area contributed by atoms with Crippen molar-refractivity contribution in [2.75, 3.05) is 0 Å². The molecule has 1 aliphatic rings. The Morgan fingerprint density at radius 3 is 2.09 bits per heavy atom. The number of hydrogen-bond acceptors (Lipinski definition) is 7. The number of rotatable bonds is 4. The van der Waals surface area contributed by atoms with Crippen molar-refractivity contribution < 1.29 is 24.2 Å². The van der Waals surface area contributed by atoms with Gasteiger partial charge in [0.15, 0.2) is 0 Å². The van der Waals surface area contributed by atoms with Crippen LogP contribution < -0.4 is 10.6 Å². The zero-order valence-electron chi connectivity index (χ0n) is 10.8. The van der Waals surface area contributed by atoms with E-state index in [9.17, 15) is 34.6 Å². The number of nitro benzene ring substituents is 2. The zero-order valence-corrected chi connectivity index (χ0v) is 10.8. The first-order valence-corrected chi connectivity index (χ1v) is 5.86. The standard InChI is InChI=1S/C11H8N4O7/c16-9-4-8(11(18)13-9)12-10(17)5-1-6(14(19)20)3-7(2-5)15(21)22/h1-3,8H,4H2,(H,12,17)(H,13,16,18). The van der Waals surface area contributed by atoms with Gasteiger partial charge < -0.3 is 5.32 Å². The first-order chi connectivity index (χ1) is 10.3. The van der Waals surface area contributed by atoms with Crippen molar-refractivity contribution >= 4 is 29.1 Å². The second-order valence-electron chi connectivity index (χ2n) is 4.39. The van der Waals surface area contributed by atoms with Crippen molar-refractivity contribution in [1.29, 1.82) is 0 Å². The fourth-order valence-corrected chi connectivity index (χ4v) is 1.85. The molecule has 3 amide bonds. The van der Waals surface area contributed by atoms with E-state index in [1.807, 2.05) is 5.32 Å². The minimum Gasteiger partial charge on any atom is -0.340 e. The van der Waals surface area contributed by atoms with Crippen molar-refractivity contribution in [2.24, 2.45) is 0 Å². The maximum Gasteiger partial charge on any atom is 0.277 e. The van der Waals surface area contributed by atoms with Crippen molar-refractivity contribution in [3.05, 3.63) is 44.0 Å². The minimum absolute atomic E-state index is 0.262. The van der Waals surface area contributed by atoms with Gasteiger partial charge in [0, 0.05) is 12.1 Å². The fourth-order valence-electron chi connectivity index (χ4n) is 1.85. The van der Waals surface area contributed by atoms with Gasteiger partial charge >= 0.3 is 0 Å². The van der Waals surface area contributed by atoms with Gasteiger partial charge in [-0.2, -0.15) is 0 Å². The first kappa shape index (κ1) is 15.0. The number of carbonyl (C=O) groups excluding carboxylic acids is 3. The van der Waals surface area contributed by atoms with Crippen molar-refractivity contribution in [2.45, 2.75) is 12.5 Å². The minimum atomic E-state index is -1.11. The van der Waals surface area contributed by atoms with Crippen LogP contribution in [0.2, 0.25) is 0 Å². The third kappa shape index (κ3) is 3.03. The van der Waals surface area contributed by atoms with Gasteiger partial charge in [0.1, 0.15) is 6.04 Å². The molecule has 0 spiro atoms. The lowest BCUT2D eigenvalue weighted by atomic mass is 10.1. The Morgan fingerprint density at radius 1 is 1.14 bits per heavy atom. The topological polar surface area (TPSA) is 162 Å². The van der Waals surface area contributed by atoms with Crippen LogP contribution in [0.4, 0.5) is 11.4 Å². The van der Waals surface area contributed by atoms with Gasteiger partial charge in [0.2, 0.25) is 11.8 Å². The van der Waals surface area contributed by atoms with Crippen LogP contribution in [0.15, 0.2) is 18.2 Å². The fraction of sp³-hybridized carbons (Fsp3) is 0.182. The summed E-state index contributed by atoms with van der Waals surface area (Å²) in [6, 6.07) is 1.29. The van der Waals surface area contributed by atoms with E-state index in [4.69, 9.17) is 0 Å². The number of imide groups is 1. The van der Waals surface area contributed by atoms with Crippen molar-refractivity contribution in [3.8, 4) is 0 Å². The normalized spacial score (nSPS) is 17.0. The van der Waals surface area contributed by atoms with E-state index in [1.54, 1.807) is 0 Å². The Labute approximate surface area is 121 Å². The molecule has 2 rings (SSSR count). The van der Waals surface area contributed by atoms with Gasteiger partial charge in [0.05, 0.1) is 27.9 Å². The SMILES string of the molecule is O=C1CC(NC(=O)c2cc([N+](=O)[O-])cc([N+](=O)[O-])c2)C(=O)N1. The molecule has 0 radical (unpaired) electrons. The van der Waals surface area contributed by atoms with E-state index in [1.165, 1.54) is 0 Å². The summed E-state index contributed by atoms with van der Waals surface area (Å²) in [5.74, 6) is -2.21. The molecule has 2 N–H and O–H groups in total. The van der Waals surface area contributed by atoms with Gasteiger partial charge in [0.25, 0.3) is 17.3 Å². The van der Waals surface area contributed by atoms with Gasteiger partial charge in [-0.3, -0.25) is 39.9 Å². The van der Waals surface area contributed by atoms with Crippen LogP contribution in [0, 0.1) is 20.2 Å². The first-order valence-electron chi connectivity index (χ1n) is 5.86. The van der Waals surface area contributed by atoms with Crippen molar-refractivity contribution in [1.82, 2.24) is 10.6 Å². The highest BCUT2D eigenvalue weighted by Gasteiger charge is 2.32. The highest BCUT2D eigenvalue weighted by atomic mass is 16.6. The summed E-state index contributed by atoms with van der Waals surface area (Å²) in [6.45, 7) is 0. The number of nitro groups is 2. The number of benzene rings is 1. The predicted molar refractivity (Wildman–Crippen MR) is 68.8 cm³/mol. The molecule has 1 aromatic rings. The monoisotopic (exact) mass is 308 g/mol. The molecule has 0 bridgehead atoms. The maximum atomic E-state index is 12.0. The number of carbonyl (C=O) groups is 3. The average molecular weight is 308 g/mol. The van der Waals surface area contributed by atoms with E-state index < -0.39 is 45.0 Å². The second-order valence-corrected chi connectivity index (χ2v) is 4.39. The van der Waals surface area contributed by atoms with E-state index in [-0.39, 0.29) is 12.0 Å². The summed E-state index contributed by atoms with van der Waals surface area (Å²) in [5, 5.41) is 25.6. The molecule has 1 aromatic carbocycles. The molecule has 1 heterocycles. The number of nitrogens with one attached hydrogen (secondary N) is 2. The van der Waals surface area contributed by atoms with Crippen molar-refractivity contribution in [3.63, 3.8) is 0 Å². The molecule has 0 saturated carbocycles. The number of amides is 3. The van der Waals surface area contributed by atoms with E-state index in [0.717, 1.165) is 12.1 Å². The molecule has 0 aromatic heterocycles. The summed E-state index contributed by atoms with van der Waals surface area (Å²) in [4.78, 5) is 54.0. The van der Waals surface area contributed by atoms with Gasteiger partial charge in [-0.15, -0.1) is 0 Å². The predicted octanol–water partition coefficient (Wildman–Crippen LogP) is -0.352. The highest BCUT2D eigenvalue weighted by Crippen LogP contribution is 2.22. The molecule has 22 heavy (non-hydrogen) atoms. The smallest absolute Gasteiger partial charge is 0.277 e. The molecule has 11 nitrogen and oxygen atoms in total. The molecular weight excluding hydrogens is 300 g/mol. The summed E-state index contributed by atoms with van der Waals surface area (Å²) >= 11 is 0. The third-order valence-corrected chi connectivity index (χ3v) is 2.86. The lowest BCUT2D eigenvalue weighted by Crippen LogP contribution is -2.40. The molecule has 0 aliphatic carbocycles. The Kier molecular flexibility index (Phi) is 3.79. The zero-order chi connectivity index (χ0) is 16.4. The second kappa shape index (κ2) is 5.55. The Bertz CT molecular complexity index is 682. The molecular formula is C11H8N4O7. The number of nitrogens with zero attached hydrogens (tertiary/aromatic N) is 2. The largest absolute Gasteiger partial charge is 0.340 e. The number of hydrogen-bond donors (Lipinski definition) is 2. The molecule has 1 fully saturated rings. The Balaban J connectivity index is 2.29. The van der Waals surface area contributed by atoms with Crippen LogP contribution in [0.1, 0.15) is 16.8 Å². The Morgan fingerprint density at radius 2 is 1.68 bits per heavy atom. The highest BCUT2D eigenvalue weighted by molar-refractivity contribution is 6.08. The van der Waals surface area contributed by atoms with Crippen LogP contribution in [0.3, 0.4) is 0 Å². The van der Waals surface area contributed by atoms with Crippen LogP contribution in [-0.2, 0) is 9.59 Å². The summed E-state index contributed by atoms with van der Waals surface area (Å²) in [7, 11) is 0. The number of non-ortho nitro benzene ring substituents is 2. The van der Waals surface area contributed by atoms with E-state index >= 15 is 0 Å². The molecule has 1 atom stereocenters. The Hall–Kier alpha value is -3.37. The average Bonchev–Trinajstić information content (AvgIpc) is 2.76. The molecule has 1 unspecified atom stereocenters. The molecule has 11 heteroatoms. The maximum absolute atomic E-state index is 12.0. The van der Waals surface area contributed by atoms with E-state index in [0.29, 0.717) is 6.07 Å². The van der Waals surface area contributed by atoms with Crippen LogP contribution in [0.5, 0.6) is 0 Å². The lowest BCUT2D eigenvalue weighted by molar-refractivity contribution is -0.394. The lowest BCUT2D eigenvalue weighted by Gasteiger charge is -2.09. The van der Waals surface area contributed by atoms with Crippen LogP contribution in [-0.4, -0.2) is 33.6 Å². The van der Waals surface area contributed by atoms with E-state index in [2.05, 4.69) is 5.32 Å². The van der Waals surface area contributed by atoms with Gasteiger partial charge in [-0.25, -0.2) is 0 Å². The third-order valence-electron chi connectivity index (χ3n) is 2.86. The van der Waals surface area contributed by atoms with Crippen LogP contribution in [0.25, 0.3) is 0 Å². The summed E-state index contributed by atoms with van der Waals surface area (Å²) in [5.41, 5.74) is -1.62. The molecule has 1 aliphatic heterocycles. The summed E-state index contributed by atoms with van der Waals surface area (Å²) in [6.07, 6.45) is -0.262. The van der Waals surface area contributed by atoms with Gasteiger partial charge in [-0.05, 0) is 0 Å². The van der Waals surface area contributed by atoms with Crippen LogP contribution >= 0.6 is 0 Å².